The third-order valence-corrected chi connectivity index (χ3v) is 1.98. The molecule has 0 amide bonds. The molecular weight excluding hydrogens is 156 g/mol. The average Bonchev–Trinajstić information content (AvgIpc) is 2.50. The summed E-state index contributed by atoms with van der Waals surface area (Å²) in [6.45, 7) is 1.62. The summed E-state index contributed by atoms with van der Waals surface area (Å²) in [6.07, 6.45) is 4.21. The number of methoxy groups -OCH3 is 1. The molecule has 1 fully saturated rings. The van der Waals surface area contributed by atoms with Gasteiger partial charge in [-0.1, -0.05) is 0 Å². The van der Waals surface area contributed by atoms with Crippen molar-refractivity contribution in [1.29, 1.82) is 0 Å². The van der Waals surface area contributed by atoms with Gasteiger partial charge in [0.2, 0.25) is 0 Å². The van der Waals surface area contributed by atoms with Crippen LogP contribution in [-0.2, 0) is 9.53 Å². The number of hydrogen-bond donors (Lipinski definition) is 0. The summed E-state index contributed by atoms with van der Waals surface area (Å²) in [5, 5.41) is 5.92. The highest BCUT2D eigenvalue weighted by Gasteiger charge is 2.22. The van der Waals surface area contributed by atoms with Gasteiger partial charge in [0, 0.05) is 13.7 Å². The van der Waals surface area contributed by atoms with Crippen LogP contribution in [0.25, 0.3) is 0 Å². The van der Waals surface area contributed by atoms with Gasteiger partial charge in [0.1, 0.15) is 0 Å². The van der Waals surface area contributed by atoms with Gasteiger partial charge in [0.15, 0.2) is 6.29 Å². The van der Waals surface area contributed by atoms with E-state index in [0.717, 1.165) is 19.4 Å². The number of rotatable bonds is 4. The molecule has 12 heavy (non-hydrogen) atoms. The summed E-state index contributed by atoms with van der Waals surface area (Å²) >= 11 is 0. The predicted molar refractivity (Wildman–Crippen MR) is 46.2 cm³/mol. The van der Waals surface area contributed by atoms with E-state index < -0.39 is 0 Å². The van der Waals surface area contributed by atoms with Gasteiger partial charge < -0.3 is 4.74 Å². The van der Waals surface area contributed by atoms with Crippen molar-refractivity contribution < 1.29 is 9.53 Å². The standard InChI is InChI=1S/C8H14N2O2/c1-12-7-8-3-2-5-10(8)9-4-6-11/h4,6,8H,2-3,5,7H2,1H3/b9-4+/t8-/m0/s1. The van der Waals surface area contributed by atoms with Crippen molar-refractivity contribution in [3.63, 3.8) is 0 Å². The Balaban J connectivity index is 2.40. The minimum atomic E-state index is 0.353. The lowest BCUT2D eigenvalue weighted by molar-refractivity contribution is -0.102. The Morgan fingerprint density at radius 2 is 2.58 bits per heavy atom. The fraction of sp³-hybridized carbons (Fsp3) is 0.750. The largest absolute Gasteiger partial charge is 0.382 e. The Morgan fingerprint density at radius 3 is 3.25 bits per heavy atom. The molecule has 0 N–H and O–H groups in total. The van der Waals surface area contributed by atoms with E-state index in [2.05, 4.69) is 5.10 Å². The van der Waals surface area contributed by atoms with Gasteiger partial charge in [-0.25, -0.2) is 0 Å². The highest BCUT2D eigenvalue weighted by Crippen LogP contribution is 2.16. The summed E-state index contributed by atoms with van der Waals surface area (Å²) in [6, 6.07) is 0.353. The molecule has 0 bridgehead atoms. The molecule has 1 aliphatic rings. The Labute approximate surface area is 72.2 Å². The molecule has 0 aliphatic carbocycles. The van der Waals surface area contributed by atoms with Crippen molar-refractivity contribution in [2.45, 2.75) is 18.9 Å². The second-order valence-electron chi connectivity index (χ2n) is 2.82. The molecule has 1 rings (SSSR count). The van der Waals surface area contributed by atoms with Gasteiger partial charge in [-0.05, 0) is 12.8 Å². The molecule has 0 spiro atoms. The number of ether oxygens (including phenoxy) is 1. The monoisotopic (exact) mass is 170 g/mol. The smallest absolute Gasteiger partial charge is 0.162 e. The summed E-state index contributed by atoms with van der Waals surface area (Å²) < 4.78 is 5.03. The minimum Gasteiger partial charge on any atom is -0.382 e. The molecule has 4 nitrogen and oxygen atoms in total. The summed E-state index contributed by atoms with van der Waals surface area (Å²) in [5.41, 5.74) is 0. The zero-order valence-electron chi connectivity index (χ0n) is 7.27. The van der Waals surface area contributed by atoms with E-state index in [1.165, 1.54) is 6.21 Å². The molecule has 0 unspecified atom stereocenters. The molecule has 1 aliphatic heterocycles. The second-order valence-corrected chi connectivity index (χ2v) is 2.82. The van der Waals surface area contributed by atoms with Crippen LogP contribution in [-0.4, -0.2) is 43.8 Å². The predicted octanol–water partition coefficient (Wildman–Crippen LogP) is 0.282. The lowest BCUT2D eigenvalue weighted by Gasteiger charge is -2.19. The van der Waals surface area contributed by atoms with Gasteiger partial charge >= 0.3 is 0 Å². The van der Waals surface area contributed by atoms with E-state index in [4.69, 9.17) is 4.74 Å². The Kier molecular flexibility index (Phi) is 3.73. The highest BCUT2D eigenvalue weighted by molar-refractivity contribution is 6.12. The van der Waals surface area contributed by atoms with Crippen LogP contribution in [0.2, 0.25) is 0 Å². The van der Waals surface area contributed by atoms with E-state index in [0.29, 0.717) is 18.9 Å². The van der Waals surface area contributed by atoms with Gasteiger partial charge in [-0.3, -0.25) is 9.80 Å². The Bertz CT molecular complexity index is 170. The van der Waals surface area contributed by atoms with Gasteiger partial charge in [-0.2, -0.15) is 5.10 Å². The van der Waals surface area contributed by atoms with E-state index >= 15 is 0 Å². The van der Waals surface area contributed by atoms with Crippen molar-refractivity contribution in [3.8, 4) is 0 Å². The first-order valence-corrected chi connectivity index (χ1v) is 4.12. The van der Waals surface area contributed by atoms with Crippen molar-refractivity contribution in [3.05, 3.63) is 0 Å². The topological polar surface area (TPSA) is 41.9 Å². The van der Waals surface area contributed by atoms with Crippen LogP contribution in [0.3, 0.4) is 0 Å². The zero-order chi connectivity index (χ0) is 8.81. The quantitative estimate of drug-likeness (QED) is 0.449. The van der Waals surface area contributed by atoms with Crippen LogP contribution < -0.4 is 0 Å². The number of hydrogen-bond acceptors (Lipinski definition) is 4. The van der Waals surface area contributed by atoms with Crippen molar-refractivity contribution in [1.82, 2.24) is 5.01 Å². The highest BCUT2D eigenvalue weighted by atomic mass is 16.5. The summed E-state index contributed by atoms with van der Waals surface area (Å²) in [5.74, 6) is 0. The van der Waals surface area contributed by atoms with Crippen LogP contribution >= 0.6 is 0 Å². The third kappa shape index (κ3) is 2.30. The van der Waals surface area contributed by atoms with Gasteiger partial charge in [-0.15, -0.1) is 0 Å². The minimum absolute atomic E-state index is 0.353. The van der Waals surface area contributed by atoms with E-state index in [9.17, 15) is 4.79 Å². The number of carbonyl (C=O) groups excluding carboxylic acids is 1. The first-order chi connectivity index (χ1) is 5.88. The van der Waals surface area contributed by atoms with Crippen LogP contribution in [0.4, 0.5) is 0 Å². The summed E-state index contributed by atoms with van der Waals surface area (Å²) in [4.78, 5) is 10.0. The van der Waals surface area contributed by atoms with Crippen LogP contribution in [0, 0.1) is 0 Å². The molecule has 0 aromatic carbocycles. The fourth-order valence-electron chi connectivity index (χ4n) is 1.45. The number of hydrazone groups is 1. The maximum Gasteiger partial charge on any atom is 0.162 e. The number of aldehydes is 1. The van der Waals surface area contributed by atoms with Crippen LogP contribution in [0.15, 0.2) is 5.10 Å². The molecular formula is C8H14N2O2. The molecule has 1 atom stereocenters. The molecule has 0 aromatic heterocycles. The maximum absolute atomic E-state index is 10.0. The fourth-order valence-corrected chi connectivity index (χ4v) is 1.45. The van der Waals surface area contributed by atoms with Crippen molar-refractivity contribution >= 4 is 12.5 Å². The van der Waals surface area contributed by atoms with Crippen molar-refractivity contribution in [2.24, 2.45) is 5.10 Å². The number of nitrogens with zero attached hydrogens (tertiary/aromatic N) is 2. The Morgan fingerprint density at radius 1 is 1.75 bits per heavy atom. The summed E-state index contributed by atoms with van der Waals surface area (Å²) in [7, 11) is 1.68. The van der Waals surface area contributed by atoms with E-state index in [-0.39, 0.29) is 0 Å². The molecule has 68 valence electrons. The first-order valence-electron chi connectivity index (χ1n) is 4.12. The SMILES string of the molecule is COC[C@@H]1CCCN1/N=C/C=O. The normalized spacial score (nSPS) is 23.8. The second kappa shape index (κ2) is 4.87. The molecule has 0 aromatic rings. The van der Waals surface area contributed by atoms with E-state index in [1.807, 2.05) is 5.01 Å². The lowest BCUT2D eigenvalue weighted by Crippen LogP contribution is -2.28. The molecule has 1 saturated heterocycles. The molecule has 0 radical (unpaired) electrons. The maximum atomic E-state index is 10.0. The molecule has 4 heteroatoms. The zero-order valence-corrected chi connectivity index (χ0v) is 7.27. The Hall–Kier alpha value is -0.900. The molecule has 0 saturated carbocycles. The van der Waals surface area contributed by atoms with Crippen LogP contribution in [0.5, 0.6) is 0 Å². The number of carbonyl (C=O) groups is 1. The average molecular weight is 170 g/mol. The van der Waals surface area contributed by atoms with Gasteiger partial charge in [0.25, 0.3) is 0 Å². The third-order valence-electron chi connectivity index (χ3n) is 1.98. The lowest BCUT2D eigenvalue weighted by atomic mass is 10.2. The van der Waals surface area contributed by atoms with Gasteiger partial charge in [0.05, 0.1) is 18.9 Å². The van der Waals surface area contributed by atoms with Crippen LogP contribution in [0.1, 0.15) is 12.8 Å². The molecule has 1 heterocycles. The van der Waals surface area contributed by atoms with Crippen molar-refractivity contribution in [2.75, 3.05) is 20.3 Å². The first kappa shape index (κ1) is 9.19. The van der Waals surface area contributed by atoms with E-state index in [1.54, 1.807) is 7.11 Å².